The average Bonchev–Trinajstić information content (AvgIpc) is 2.57. The summed E-state index contributed by atoms with van der Waals surface area (Å²) < 4.78 is 15.6. The van der Waals surface area contributed by atoms with Crippen LogP contribution in [-0.4, -0.2) is 14.8 Å². The molecule has 5 heteroatoms. The highest BCUT2D eigenvalue weighted by molar-refractivity contribution is 6.17. The average molecular weight is 254 g/mol. The molecule has 90 valence electrons. The summed E-state index contributed by atoms with van der Waals surface area (Å²) >= 11 is 5.67. The molecule has 0 aliphatic rings. The topological polar surface area (TPSA) is 30.7 Å². The van der Waals surface area contributed by atoms with E-state index in [9.17, 15) is 4.39 Å². The molecular weight excluding hydrogens is 241 g/mol. The van der Waals surface area contributed by atoms with Crippen molar-refractivity contribution in [2.24, 2.45) is 0 Å². The number of aromatic nitrogens is 3. The van der Waals surface area contributed by atoms with Gasteiger partial charge in [-0.1, -0.05) is 0 Å². The lowest BCUT2D eigenvalue weighted by molar-refractivity contribution is 0.587. The predicted molar refractivity (Wildman–Crippen MR) is 65.1 cm³/mol. The van der Waals surface area contributed by atoms with Gasteiger partial charge in [0.1, 0.15) is 0 Å². The van der Waals surface area contributed by atoms with Gasteiger partial charge in [-0.3, -0.25) is 0 Å². The van der Waals surface area contributed by atoms with Crippen LogP contribution in [0.4, 0.5) is 4.39 Å². The van der Waals surface area contributed by atoms with E-state index in [0.717, 1.165) is 17.0 Å². The third-order valence-electron chi connectivity index (χ3n) is 2.95. The molecular formula is C12H13ClFN3. The lowest BCUT2D eigenvalue weighted by atomic mass is 10.2. The molecule has 0 N–H and O–H groups in total. The highest BCUT2D eigenvalue weighted by Crippen LogP contribution is 2.20. The highest BCUT2D eigenvalue weighted by Gasteiger charge is 2.15. The fraction of sp³-hybridized carbons (Fsp3) is 0.333. The van der Waals surface area contributed by atoms with E-state index in [0.29, 0.717) is 5.56 Å². The van der Waals surface area contributed by atoms with Crippen LogP contribution in [0.5, 0.6) is 0 Å². The first-order valence-electron chi connectivity index (χ1n) is 5.28. The number of aryl methyl sites for hydroxylation is 1. The maximum Gasteiger partial charge on any atom is 0.190 e. The van der Waals surface area contributed by atoms with Gasteiger partial charge in [0.15, 0.2) is 11.6 Å². The van der Waals surface area contributed by atoms with Crippen LogP contribution >= 0.6 is 11.6 Å². The summed E-state index contributed by atoms with van der Waals surface area (Å²) in [6.07, 6.45) is 1.54. The summed E-state index contributed by atoms with van der Waals surface area (Å²) in [5, 5.41) is 4.29. The molecule has 2 heterocycles. The minimum atomic E-state index is -0.409. The zero-order valence-corrected chi connectivity index (χ0v) is 10.7. The van der Waals surface area contributed by atoms with E-state index in [-0.39, 0.29) is 11.7 Å². The van der Waals surface area contributed by atoms with E-state index in [1.807, 2.05) is 20.8 Å². The van der Waals surface area contributed by atoms with Gasteiger partial charge in [-0.25, -0.2) is 14.1 Å². The number of hydrogen-bond donors (Lipinski definition) is 0. The summed E-state index contributed by atoms with van der Waals surface area (Å²) in [5.41, 5.74) is 3.24. The molecule has 0 fully saturated rings. The smallest absolute Gasteiger partial charge is 0.190 e. The minimum Gasteiger partial charge on any atom is -0.235 e. The zero-order chi connectivity index (χ0) is 12.6. The summed E-state index contributed by atoms with van der Waals surface area (Å²) in [6, 6.07) is 1.57. The Morgan fingerprint density at radius 1 is 1.35 bits per heavy atom. The Morgan fingerprint density at radius 2 is 2.06 bits per heavy atom. The second-order valence-electron chi connectivity index (χ2n) is 3.95. The number of pyridine rings is 1. The minimum absolute atomic E-state index is 0.125. The molecule has 0 saturated carbocycles. The first-order valence-corrected chi connectivity index (χ1v) is 5.82. The molecule has 2 aromatic heterocycles. The molecule has 3 nitrogen and oxygen atoms in total. The van der Waals surface area contributed by atoms with Crippen LogP contribution in [0, 0.1) is 26.6 Å². The normalized spacial score (nSPS) is 10.9. The SMILES string of the molecule is Cc1nn(-c2nccc(CCl)c2F)c(C)c1C. The number of nitrogens with zero attached hydrogens (tertiary/aromatic N) is 3. The largest absolute Gasteiger partial charge is 0.235 e. The zero-order valence-electron chi connectivity index (χ0n) is 9.96. The lowest BCUT2D eigenvalue weighted by Crippen LogP contribution is -2.06. The fourth-order valence-corrected chi connectivity index (χ4v) is 1.86. The van der Waals surface area contributed by atoms with Gasteiger partial charge < -0.3 is 0 Å². The quantitative estimate of drug-likeness (QED) is 0.770. The Morgan fingerprint density at radius 3 is 2.59 bits per heavy atom. The molecule has 17 heavy (non-hydrogen) atoms. The second-order valence-corrected chi connectivity index (χ2v) is 4.22. The monoisotopic (exact) mass is 253 g/mol. The van der Waals surface area contributed by atoms with Crippen molar-refractivity contribution in [3.63, 3.8) is 0 Å². The maximum absolute atomic E-state index is 14.1. The third kappa shape index (κ3) is 1.93. The van der Waals surface area contributed by atoms with E-state index in [2.05, 4.69) is 10.1 Å². The second kappa shape index (κ2) is 4.45. The first-order chi connectivity index (χ1) is 8.06. The van der Waals surface area contributed by atoms with E-state index >= 15 is 0 Å². The maximum atomic E-state index is 14.1. The Bertz CT molecular complexity index is 563. The van der Waals surface area contributed by atoms with Crippen molar-refractivity contribution < 1.29 is 4.39 Å². The molecule has 0 aliphatic heterocycles. The van der Waals surface area contributed by atoms with Gasteiger partial charge in [0.05, 0.1) is 11.6 Å². The Balaban J connectivity index is 2.64. The van der Waals surface area contributed by atoms with Gasteiger partial charge in [0.25, 0.3) is 0 Å². The number of hydrogen-bond acceptors (Lipinski definition) is 2. The van der Waals surface area contributed by atoms with E-state index in [1.165, 1.54) is 4.68 Å². The molecule has 0 spiro atoms. The summed E-state index contributed by atoms with van der Waals surface area (Å²) in [5.74, 6) is -0.0791. The van der Waals surface area contributed by atoms with Crippen molar-refractivity contribution in [2.45, 2.75) is 26.7 Å². The van der Waals surface area contributed by atoms with E-state index < -0.39 is 5.82 Å². The van der Waals surface area contributed by atoms with Gasteiger partial charge in [-0.15, -0.1) is 11.6 Å². The van der Waals surface area contributed by atoms with E-state index in [4.69, 9.17) is 11.6 Å². The molecule has 0 atom stereocenters. The summed E-state index contributed by atoms with van der Waals surface area (Å²) in [4.78, 5) is 4.04. The van der Waals surface area contributed by atoms with Crippen molar-refractivity contribution in [3.05, 3.63) is 40.6 Å². The summed E-state index contributed by atoms with van der Waals surface area (Å²) in [6.45, 7) is 5.74. The van der Waals surface area contributed by atoms with Gasteiger partial charge >= 0.3 is 0 Å². The van der Waals surface area contributed by atoms with Crippen molar-refractivity contribution >= 4 is 11.6 Å². The number of halogens is 2. The lowest BCUT2D eigenvalue weighted by Gasteiger charge is -2.07. The molecule has 0 saturated heterocycles. The van der Waals surface area contributed by atoms with Crippen molar-refractivity contribution in [1.82, 2.24) is 14.8 Å². The molecule has 0 amide bonds. The molecule has 0 aliphatic carbocycles. The van der Waals surface area contributed by atoms with Crippen LogP contribution in [0.2, 0.25) is 0 Å². The highest BCUT2D eigenvalue weighted by atomic mass is 35.5. The Hall–Kier alpha value is -1.42. The van der Waals surface area contributed by atoms with Crippen LogP contribution < -0.4 is 0 Å². The number of rotatable bonds is 2. The van der Waals surface area contributed by atoms with E-state index in [1.54, 1.807) is 12.3 Å². The first kappa shape index (κ1) is 12.0. The summed E-state index contributed by atoms with van der Waals surface area (Å²) in [7, 11) is 0. The molecule has 0 aromatic carbocycles. The standard InChI is InChI=1S/C12H13ClFN3/c1-7-8(2)16-17(9(7)3)12-11(14)10(6-13)4-5-15-12/h4-5H,6H2,1-3H3. The third-order valence-corrected chi connectivity index (χ3v) is 3.24. The fourth-order valence-electron chi connectivity index (χ4n) is 1.65. The van der Waals surface area contributed by atoms with Crippen LogP contribution in [0.15, 0.2) is 12.3 Å². The molecule has 0 bridgehead atoms. The molecule has 2 rings (SSSR count). The van der Waals surface area contributed by atoms with Gasteiger partial charge in [-0.2, -0.15) is 5.10 Å². The number of alkyl halides is 1. The van der Waals surface area contributed by atoms with Crippen molar-refractivity contribution in [3.8, 4) is 5.82 Å². The van der Waals surface area contributed by atoms with Crippen LogP contribution in [0.1, 0.15) is 22.5 Å². The van der Waals surface area contributed by atoms with Crippen LogP contribution in [0.3, 0.4) is 0 Å². The molecule has 0 radical (unpaired) electrons. The van der Waals surface area contributed by atoms with Crippen molar-refractivity contribution in [1.29, 1.82) is 0 Å². The predicted octanol–water partition coefficient (Wildman–Crippen LogP) is 3.07. The van der Waals surface area contributed by atoms with Crippen LogP contribution in [0.25, 0.3) is 5.82 Å². The van der Waals surface area contributed by atoms with Gasteiger partial charge in [0.2, 0.25) is 0 Å². The van der Waals surface area contributed by atoms with Gasteiger partial charge in [0, 0.05) is 17.5 Å². The molecule has 2 aromatic rings. The van der Waals surface area contributed by atoms with Crippen LogP contribution in [-0.2, 0) is 5.88 Å². The molecule has 0 unspecified atom stereocenters. The van der Waals surface area contributed by atoms with Crippen molar-refractivity contribution in [2.75, 3.05) is 0 Å². The Kier molecular flexibility index (Phi) is 3.15. The van der Waals surface area contributed by atoms with Gasteiger partial charge in [-0.05, 0) is 32.4 Å². The Labute approximate surface area is 104 Å².